The maximum Gasteiger partial charge on any atom is 0.253 e. The summed E-state index contributed by atoms with van der Waals surface area (Å²) in [5.74, 6) is 0.561. The van der Waals surface area contributed by atoms with Gasteiger partial charge in [0.25, 0.3) is 5.91 Å². The largest absolute Gasteiger partial charge is 0.369 e. The van der Waals surface area contributed by atoms with Crippen LogP contribution in [0.5, 0.6) is 0 Å². The molecule has 0 fully saturated rings. The van der Waals surface area contributed by atoms with Crippen molar-refractivity contribution in [1.82, 2.24) is 0 Å². The standard InChI is InChI=1S/C15H21NO2/c1-11(2)18-10-15(17)16-9-12(3)8-13-6-4-5-7-14(13)16/h4-7,11-12H,8-10H2,1-3H3. The van der Waals surface area contributed by atoms with E-state index in [0.717, 1.165) is 18.7 Å². The van der Waals surface area contributed by atoms with Gasteiger partial charge in [-0.05, 0) is 37.8 Å². The molecule has 3 nitrogen and oxygen atoms in total. The minimum absolute atomic E-state index is 0.0581. The van der Waals surface area contributed by atoms with Crippen molar-refractivity contribution in [3.63, 3.8) is 0 Å². The van der Waals surface area contributed by atoms with E-state index >= 15 is 0 Å². The van der Waals surface area contributed by atoms with E-state index in [1.54, 1.807) is 0 Å². The molecule has 0 radical (unpaired) electrons. The van der Waals surface area contributed by atoms with Gasteiger partial charge in [0.1, 0.15) is 6.61 Å². The van der Waals surface area contributed by atoms with Gasteiger partial charge in [-0.2, -0.15) is 0 Å². The van der Waals surface area contributed by atoms with Crippen molar-refractivity contribution in [1.29, 1.82) is 0 Å². The fourth-order valence-electron chi connectivity index (χ4n) is 2.35. The number of carbonyl (C=O) groups is 1. The Hall–Kier alpha value is -1.35. The second kappa shape index (κ2) is 5.53. The number of anilines is 1. The Balaban J connectivity index is 2.15. The zero-order chi connectivity index (χ0) is 13.1. The maximum atomic E-state index is 12.2. The van der Waals surface area contributed by atoms with Crippen LogP contribution in [0.2, 0.25) is 0 Å². The number of hydrogen-bond acceptors (Lipinski definition) is 2. The van der Waals surface area contributed by atoms with Crippen LogP contribution in [0.1, 0.15) is 26.3 Å². The van der Waals surface area contributed by atoms with Gasteiger partial charge in [-0.3, -0.25) is 4.79 Å². The molecule has 1 atom stereocenters. The van der Waals surface area contributed by atoms with E-state index in [1.807, 2.05) is 36.9 Å². The molecule has 1 unspecified atom stereocenters. The molecule has 18 heavy (non-hydrogen) atoms. The van der Waals surface area contributed by atoms with Crippen molar-refractivity contribution in [3.8, 4) is 0 Å². The molecule has 0 spiro atoms. The highest BCUT2D eigenvalue weighted by atomic mass is 16.5. The van der Waals surface area contributed by atoms with Gasteiger partial charge in [-0.25, -0.2) is 0 Å². The van der Waals surface area contributed by atoms with Gasteiger partial charge < -0.3 is 9.64 Å². The third kappa shape index (κ3) is 2.91. The first-order valence-electron chi connectivity index (χ1n) is 6.57. The van der Waals surface area contributed by atoms with E-state index < -0.39 is 0 Å². The summed E-state index contributed by atoms with van der Waals surface area (Å²) in [6.07, 6.45) is 1.14. The molecule has 1 aromatic carbocycles. The number of para-hydroxylation sites is 1. The monoisotopic (exact) mass is 247 g/mol. The van der Waals surface area contributed by atoms with Crippen LogP contribution in [0, 0.1) is 5.92 Å². The molecular weight excluding hydrogens is 226 g/mol. The zero-order valence-electron chi connectivity index (χ0n) is 11.3. The van der Waals surface area contributed by atoms with E-state index in [1.165, 1.54) is 5.56 Å². The first-order chi connectivity index (χ1) is 8.58. The molecule has 98 valence electrons. The molecule has 1 heterocycles. The smallest absolute Gasteiger partial charge is 0.253 e. The van der Waals surface area contributed by atoms with Gasteiger partial charge >= 0.3 is 0 Å². The predicted octanol–water partition coefficient (Wildman–Crippen LogP) is 2.64. The van der Waals surface area contributed by atoms with Crippen LogP contribution < -0.4 is 4.90 Å². The molecule has 1 aromatic rings. The fraction of sp³-hybridized carbons (Fsp3) is 0.533. The maximum absolute atomic E-state index is 12.2. The second-order valence-corrected chi connectivity index (χ2v) is 5.30. The van der Waals surface area contributed by atoms with Crippen LogP contribution >= 0.6 is 0 Å². The minimum Gasteiger partial charge on any atom is -0.369 e. The summed E-state index contributed by atoms with van der Waals surface area (Å²) >= 11 is 0. The van der Waals surface area contributed by atoms with Crippen molar-refractivity contribution in [2.24, 2.45) is 5.92 Å². The van der Waals surface area contributed by atoms with Crippen LogP contribution in [0.3, 0.4) is 0 Å². The Morgan fingerprint density at radius 1 is 1.44 bits per heavy atom. The lowest BCUT2D eigenvalue weighted by Crippen LogP contribution is -2.41. The molecule has 1 amide bonds. The molecule has 1 aliphatic rings. The predicted molar refractivity (Wildman–Crippen MR) is 72.8 cm³/mol. The molecule has 0 aromatic heterocycles. The summed E-state index contributed by atoms with van der Waals surface area (Å²) in [7, 11) is 0. The van der Waals surface area contributed by atoms with Crippen LogP contribution in [-0.4, -0.2) is 25.2 Å². The highest BCUT2D eigenvalue weighted by Crippen LogP contribution is 2.29. The van der Waals surface area contributed by atoms with Crippen LogP contribution in [0.4, 0.5) is 5.69 Å². The quantitative estimate of drug-likeness (QED) is 0.821. The normalized spacial score (nSPS) is 18.9. The average molecular weight is 247 g/mol. The fourth-order valence-corrected chi connectivity index (χ4v) is 2.35. The third-order valence-corrected chi connectivity index (χ3v) is 3.19. The Morgan fingerprint density at radius 3 is 2.89 bits per heavy atom. The highest BCUT2D eigenvalue weighted by molar-refractivity contribution is 5.95. The summed E-state index contributed by atoms with van der Waals surface area (Å²) in [6, 6.07) is 8.14. The first-order valence-corrected chi connectivity index (χ1v) is 6.57. The van der Waals surface area contributed by atoms with E-state index in [4.69, 9.17) is 4.74 Å². The molecule has 0 bridgehead atoms. The lowest BCUT2D eigenvalue weighted by molar-refractivity contribution is -0.124. The Morgan fingerprint density at radius 2 is 2.17 bits per heavy atom. The van der Waals surface area contributed by atoms with Gasteiger partial charge in [0.2, 0.25) is 0 Å². The van der Waals surface area contributed by atoms with E-state index in [9.17, 15) is 4.79 Å². The van der Waals surface area contributed by atoms with Gasteiger partial charge in [-0.15, -0.1) is 0 Å². The van der Waals surface area contributed by atoms with Crippen molar-refractivity contribution in [3.05, 3.63) is 29.8 Å². The molecule has 0 aliphatic carbocycles. The van der Waals surface area contributed by atoms with Crippen LogP contribution in [-0.2, 0) is 16.0 Å². The number of rotatable bonds is 3. The summed E-state index contributed by atoms with van der Waals surface area (Å²) in [5, 5.41) is 0. The van der Waals surface area contributed by atoms with E-state index in [-0.39, 0.29) is 18.6 Å². The summed E-state index contributed by atoms with van der Waals surface area (Å²) in [5.41, 5.74) is 2.31. The number of amides is 1. The van der Waals surface area contributed by atoms with Gasteiger partial charge in [0.15, 0.2) is 0 Å². The second-order valence-electron chi connectivity index (χ2n) is 5.30. The van der Waals surface area contributed by atoms with Crippen molar-refractivity contribution >= 4 is 11.6 Å². The van der Waals surface area contributed by atoms with E-state index in [0.29, 0.717) is 5.92 Å². The molecule has 3 heteroatoms. The van der Waals surface area contributed by atoms with Gasteiger partial charge in [0.05, 0.1) is 6.10 Å². The number of benzene rings is 1. The molecule has 2 rings (SSSR count). The highest BCUT2D eigenvalue weighted by Gasteiger charge is 2.25. The number of fused-ring (bicyclic) bond motifs is 1. The SMILES string of the molecule is CC1Cc2ccccc2N(C(=O)COC(C)C)C1. The first kappa shape index (κ1) is 13.1. The summed E-state index contributed by atoms with van der Waals surface area (Å²) in [4.78, 5) is 14.1. The lowest BCUT2D eigenvalue weighted by atomic mass is 9.94. The Labute approximate surface area is 109 Å². The zero-order valence-corrected chi connectivity index (χ0v) is 11.3. The topological polar surface area (TPSA) is 29.5 Å². The number of ether oxygens (including phenoxy) is 1. The third-order valence-electron chi connectivity index (χ3n) is 3.19. The molecular formula is C15H21NO2. The average Bonchev–Trinajstić information content (AvgIpc) is 2.34. The Kier molecular flexibility index (Phi) is 4.02. The van der Waals surface area contributed by atoms with Crippen molar-refractivity contribution in [2.75, 3.05) is 18.1 Å². The van der Waals surface area contributed by atoms with E-state index in [2.05, 4.69) is 13.0 Å². The summed E-state index contributed by atoms with van der Waals surface area (Å²) < 4.78 is 5.42. The van der Waals surface area contributed by atoms with Crippen LogP contribution in [0.15, 0.2) is 24.3 Å². The van der Waals surface area contributed by atoms with Crippen molar-refractivity contribution in [2.45, 2.75) is 33.3 Å². The lowest BCUT2D eigenvalue weighted by Gasteiger charge is -2.33. The summed E-state index contributed by atoms with van der Waals surface area (Å²) in [6.45, 7) is 7.02. The molecule has 0 saturated carbocycles. The minimum atomic E-state index is 0.0581. The number of nitrogens with zero attached hydrogens (tertiary/aromatic N) is 1. The number of hydrogen-bond donors (Lipinski definition) is 0. The van der Waals surface area contributed by atoms with Crippen LogP contribution in [0.25, 0.3) is 0 Å². The van der Waals surface area contributed by atoms with Gasteiger partial charge in [-0.1, -0.05) is 25.1 Å². The van der Waals surface area contributed by atoms with Gasteiger partial charge in [0, 0.05) is 12.2 Å². The van der Waals surface area contributed by atoms with Crippen molar-refractivity contribution < 1.29 is 9.53 Å². The molecule has 0 N–H and O–H groups in total. The molecule has 1 aliphatic heterocycles. The number of carbonyl (C=O) groups excluding carboxylic acids is 1. The Bertz CT molecular complexity index is 428. The molecule has 0 saturated heterocycles.